The van der Waals surface area contributed by atoms with Crippen LogP contribution in [0, 0.1) is 0 Å². The van der Waals surface area contributed by atoms with E-state index in [9.17, 15) is 4.79 Å². The Morgan fingerprint density at radius 2 is 1.79 bits per heavy atom. The summed E-state index contributed by atoms with van der Waals surface area (Å²) in [5.74, 6) is 1.14. The van der Waals surface area contributed by atoms with Crippen LogP contribution in [0.25, 0.3) is 16.3 Å². The number of pyridine rings is 2. The van der Waals surface area contributed by atoms with Crippen molar-refractivity contribution in [2.75, 3.05) is 84.3 Å². The van der Waals surface area contributed by atoms with Gasteiger partial charge in [0.2, 0.25) is 0 Å². The summed E-state index contributed by atoms with van der Waals surface area (Å²) in [6.45, 7) is 9.84. The van der Waals surface area contributed by atoms with Crippen molar-refractivity contribution in [3.63, 3.8) is 0 Å². The van der Waals surface area contributed by atoms with Crippen molar-refractivity contribution in [2.45, 2.75) is 18.9 Å². The van der Waals surface area contributed by atoms with Crippen LogP contribution in [0.5, 0.6) is 0 Å². The number of likely N-dealkylation sites (N-methyl/N-ethyl adjacent to an activating group) is 1. The second kappa shape index (κ2) is 14.0. The fourth-order valence-corrected chi connectivity index (χ4v) is 5.78. The van der Waals surface area contributed by atoms with Crippen LogP contribution in [0.4, 0.5) is 11.6 Å². The summed E-state index contributed by atoms with van der Waals surface area (Å²) >= 11 is 0. The lowest BCUT2D eigenvalue weighted by atomic mass is 9.99. The SMILES string of the molecule is C=C=C/C(=C(/CN1CCOCC1)N(C)C)c1ccc2cnc(NC(=O)c3ccnc(N4CCC(N(C)C)CC4)c3)cc2c1. The number of carbonyl (C=O) groups excluding carboxylic acids is 1. The monoisotopic (exact) mass is 581 g/mol. The number of anilines is 2. The highest BCUT2D eigenvalue weighted by atomic mass is 16.5. The van der Waals surface area contributed by atoms with Gasteiger partial charge in [-0.3, -0.25) is 9.69 Å². The zero-order chi connectivity index (χ0) is 30.3. The van der Waals surface area contributed by atoms with Gasteiger partial charge < -0.3 is 24.8 Å². The van der Waals surface area contributed by atoms with E-state index < -0.39 is 0 Å². The minimum atomic E-state index is -0.203. The van der Waals surface area contributed by atoms with Gasteiger partial charge in [0.15, 0.2) is 0 Å². The lowest BCUT2D eigenvalue weighted by molar-refractivity contribution is 0.0401. The largest absolute Gasteiger partial charge is 0.379 e. The van der Waals surface area contributed by atoms with E-state index in [2.05, 4.69) is 93.6 Å². The highest BCUT2D eigenvalue weighted by molar-refractivity contribution is 6.05. The van der Waals surface area contributed by atoms with Gasteiger partial charge in [-0.25, -0.2) is 9.97 Å². The molecule has 2 aliphatic heterocycles. The Labute approximate surface area is 255 Å². The van der Waals surface area contributed by atoms with Gasteiger partial charge >= 0.3 is 0 Å². The molecule has 2 saturated heterocycles. The number of hydrogen-bond donors (Lipinski definition) is 1. The van der Waals surface area contributed by atoms with Crippen LogP contribution in [-0.2, 0) is 4.74 Å². The number of amides is 1. The van der Waals surface area contributed by atoms with Crippen LogP contribution in [0.2, 0.25) is 0 Å². The number of allylic oxidation sites excluding steroid dienone is 2. The molecule has 3 aromatic rings. The molecule has 43 heavy (non-hydrogen) atoms. The Morgan fingerprint density at radius 1 is 1.02 bits per heavy atom. The first kappa shape index (κ1) is 30.4. The summed E-state index contributed by atoms with van der Waals surface area (Å²) in [7, 11) is 8.41. The van der Waals surface area contributed by atoms with E-state index in [4.69, 9.17) is 4.74 Å². The molecule has 0 spiro atoms. The van der Waals surface area contributed by atoms with E-state index >= 15 is 0 Å². The number of fused-ring (bicyclic) bond motifs is 1. The number of aromatic nitrogens is 2. The predicted molar refractivity (Wildman–Crippen MR) is 174 cm³/mol. The third-order valence-electron chi connectivity index (χ3n) is 8.38. The molecule has 0 saturated carbocycles. The molecule has 2 aromatic heterocycles. The van der Waals surface area contributed by atoms with Crippen LogP contribution >= 0.6 is 0 Å². The van der Waals surface area contributed by atoms with Crippen molar-refractivity contribution in [3.05, 3.63) is 84.0 Å². The minimum absolute atomic E-state index is 0.203. The zero-order valence-electron chi connectivity index (χ0n) is 25.8. The van der Waals surface area contributed by atoms with Crippen molar-refractivity contribution in [1.29, 1.82) is 0 Å². The summed E-state index contributed by atoms with van der Waals surface area (Å²) < 4.78 is 5.55. The number of morpholine rings is 1. The number of rotatable bonds is 9. The number of ether oxygens (including phenoxy) is 1. The molecule has 5 rings (SSSR count). The molecule has 0 bridgehead atoms. The van der Waals surface area contributed by atoms with Gasteiger partial charge in [-0.1, -0.05) is 18.7 Å². The van der Waals surface area contributed by atoms with E-state index in [0.717, 1.165) is 86.5 Å². The second-order valence-corrected chi connectivity index (χ2v) is 11.7. The first-order chi connectivity index (χ1) is 20.8. The first-order valence-electron chi connectivity index (χ1n) is 15.0. The Hall–Kier alpha value is -4.01. The van der Waals surface area contributed by atoms with Crippen molar-refractivity contribution < 1.29 is 9.53 Å². The van der Waals surface area contributed by atoms with Crippen molar-refractivity contribution in [1.82, 2.24) is 24.7 Å². The molecule has 1 amide bonds. The molecule has 9 nitrogen and oxygen atoms in total. The molecular formula is C34H43N7O2. The molecule has 1 N–H and O–H groups in total. The van der Waals surface area contributed by atoms with Gasteiger partial charge in [-0.15, -0.1) is 5.73 Å². The fraction of sp³-hybridized carbons (Fsp3) is 0.412. The van der Waals surface area contributed by atoms with Crippen molar-refractivity contribution >= 4 is 33.9 Å². The van der Waals surface area contributed by atoms with Crippen LogP contribution < -0.4 is 10.2 Å². The highest BCUT2D eigenvalue weighted by Gasteiger charge is 2.22. The molecule has 0 atom stereocenters. The summed E-state index contributed by atoms with van der Waals surface area (Å²) in [6, 6.07) is 12.4. The molecule has 9 heteroatoms. The normalized spacial score (nSPS) is 17.0. The predicted octanol–water partition coefficient (Wildman–Crippen LogP) is 4.36. The average Bonchev–Trinajstić information content (AvgIpc) is 3.03. The topological polar surface area (TPSA) is 77.1 Å². The lowest BCUT2D eigenvalue weighted by Crippen LogP contribution is -2.42. The second-order valence-electron chi connectivity index (χ2n) is 11.7. The number of benzene rings is 1. The summed E-state index contributed by atoms with van der Waals surface area (Å²) in [6.07, 6.45) is 7.62. The van der Waals surface area contributed by atoms with E-state index in [1.165, 1.54) is 5.70 Å². The van der Waals surface area contributed by atoms with E-state index in [1.54, 1.807) is 18.5 Å². The van der Waals surface area contributed by atoms with Crippen LogP contribution in [0.3, 0.4) is 0 Å². The maximum absolute atomic E-state index is 13.3. The standard InChI is InChI=1S/C34H43N7O2/c1-6-7-30(31(39(4)5)24-40-16-18-43-19-17-40)25-8-9-27-23-36-32(21-28(27)20-25)37-34(42)26-10-13-35-33(22-26)41-14-11-29(12-15-41)38(2)3/h7-10,13,20-23,29H,1,11-12,14-19,24H2,2-5H3,(H,36,37,42)/b31-30+. The maximum Gasteiger partial charge on any atom is 0.257 e. The molecule has 4 heterocycles. The number of hydrogen-bond acceptors (Lipinski definition) is 8. The van der Waals surface area contributed by atoms with Crippen molar-refractivity contribution in [3.8, 4) is 0 Å². The smallest absolute Gasteiger partial charge is 0.257 e. The van der Waals surface area contributed by atoms with Crippen LogP contribution in [0.1, 0.15) is 28.8 Å². The number of piperidine rings is 1. The molecular weight excluding hydrogens is 538 g/mol. The van der Waals surface area contributed by atoms with Gasteiger partial charge in [-0.05, 0) is 68.2 Å². The summed E-state index contributed by atoms with van der Waals surface area (Å²) in [5.41, 5.74) is 6.86. The molecule has 226 valence electrons. The number of nitrogens with zero attached hydrogens (tertiary/aromatic N) is 6. The summed E-state index contributed by atoms with van der Waals surface area (Å²) in [4.78, 5) is 31.5. The van der Waals surface area contributed by atoms with Crippen LogP contribution in [0.15, 0.2) is 72.9 Å². The Bertz CT molecular complexity index is 1510. The third kappa shape index (κ3) is 7.50. The molecule has 0 aliphatic carbocycles. The van der Waals surface area contributed by atoms with Crippen LogP contribution in [-0.4, -0.2) is 111 Å². The van der Waals surface area contributed by atoms with E-state index in [0.29, 0.717) is 17.4 Å². The van der Waals surface area contributed by atoms with Gasteiger partial charge in [0.25, 0.3) is 5.91 Å². The molecule has 2 fully saturated rings. The zero-order valence-corrected chi connectivity index (χ0v) is 25.8. The Morgan fingerprint density at radius 3 is 2.49 bits per heavy atom. The molecule has 2 aliphatic rings. The van der Waals surface area contributed by atoms with Gasteiger partial charge in [0.05, 0.1) is 13.2 Å². The Balaban J connectivity index is 1.36. The summed E-state index contributed by atoms with van der Waals surface area (Å²) in [5, 5.41) is 4.98. The van der Waals surface area contributed by atoms with Gasteiger partial charge in [0.1, 0.15) is 11.6 Å². The average molecular weight is 582 g/mol. The maximum atomic E-state index is 13.3. The van der Waals surface area contributed by atoms with Gasteiger partial charge in [0, 0.05) is 87.5 Å². The number of carbonyl (C=O) groups is 1. The number of nitrogens with one attached hydrogen (secondary N) is 1. The van der Waals surface area contributed by atoms with E-state index in [1.807, 2.05) is 18.2 Å². The minimum Gasteiger partial charge on any atom is -0.379 e. The highest BCUT2D eigenvalue weighted by Crippen LogP contribution is 2.28. The Kier molecular flexibility index (Phi) is 9.89. The third-order valence-corrected chi connectivity index (χ3v) is 8.38. The quantitative estimate of drug-likeness (QED) is 0.295. The lowest BCUT2D eigenvalue weighted by Gasteiger charge is -2.35. The van der Waals surface area contributed by atoms with E-state index in [-0.39, 0.29) is 5.91 Å². The molecule has 0 unspecified atom stereocenters. The first-order valence-corrected chi connectivity index (χ1v) is 15.0. The fourth-order valence-electron chi connectivity index (χ4n) is 5.78. The molecule has 0 radical (unpaired) electrons. The van der Waals surface area contributed by atoms with Crippen molar-refractivity contribution in [2.24, 2.45) is 0 Å². The van der Waals surface area contributed by atoms with Gasteiger partial charge in [-0.2, -0.15) is 0 Å². The molecule has 1 aromatic carbocycles.